The van der Waals surface area contributed by atoms with Crippen molar-refractivity contribution in [2.75, 3.05) is 32.9 Å². The van der Waals surface area contributed by atoms with Crippen molar-refractivity contribution in [1.82, 2.24) is 10.0 Å². The standard InChI is InChI=1S/C32H44N2O7S/c35-22-27-20-26(11-14-31(27)36)32(37)21-33-16-15-24-9-12-29(13-10-24)41-18-17-40-23-25-5-4-8-30(19-25)42(38,39)34-28-6-2-1-3-7-28/h4-5,8-14,19,27-28,32-37H,1-3,6-7,15-18,20-23H2. The van der Waals surface area contributed by atoms with E-state index in [4.69, 9.17) is 9.47 Å². The Bertz CT molecular complexity index is 1290. The molecule has 0 aliphatic heterocycles. The number of hydrogen-bond acceptors (Lipinski definition) is 8. The van der Waals surface area contributed by atoms with Crippen LogP contribution in [0.3, 0.4) is 0 Å². The van der Waals surface area contributed by atoms with E-state index in [1.807, 2.05) is 30.3 Å². The number of sulfonamides is 1. The molecule has 0 saturated heterocycles. The van der Waals surface area contributed by atoms with E-state index in [9.17, 15) is 23.7 Å². The predicted octanol–water partition coefficient (Wildman–Crippen LogP) is 3.77. The molecule has 10 heteroatoms. The molecule has 2 aromatic carbocycles. The maximum Gasteiger partial charge on any atom is 0.240 e. The van der Waals surface area contributed by atoms with E-state index in [0.29, 0.717) is 39.3 Å². The van der Waals surface area contributed by atoms with Crippen LogP contribution in [-0.4, -0.2) is 68.8 Å². The fraction of sp³-hybridized carbons (Fsp3) is 0.500. The maximum atomic E-state index is 12.8. The molecule has 42 heavy (non-hydrogen) atoms. The van der Waals surface area contributed by atoms with Gasteiger partial charge in [-0.1, -0.05) is 49.6 Å². The number of aliphatic hydroxyl groups excluding tert-OH is 3. The largest absolute Gasteiger partial charge is 0.512 e. The Morgan fingerprint density at radius 1 is 0.976 bits per heavy atom. The third-order valence-corrected chi connectivity index (χ3v) is 9.29. The highest BCUT2D eigenvalue weighted by molar-refractivity contribution is 7.89. The molecule has 0 amide bonds. The first-order chi connectivity index (χ1) is 20.3. The smallest absolute Gasteiger partial charge is 0.240 e. The Balaban J connectivity index is 1.11. The average molecular weight is 601 g/mol. The topological polar surface area (TPSA) is 137 Å². The quantitative estimate of drug-likeness (QED) is 0.184. The van der Waals surface area contributed by atoms with Crippen LogP contribution in [0.4, 0.5) is 0 Å². The van der Waals surface area contributed by atoms with Gasteiger partial charge in [-0.3, -0.25) is 0 Å². The Morgan fingerprint density at radius 2 is 1.76 bits per heavy atom. The van der Waals surface area contributed by atoms with Crippen molar-refractivity contribution in [2.24, 2.45) is 5.92 Å². The number of aliphatic hydroxyl groups is 3. The second-order valence-corrected chi connectivity index (χ2v) is 12.7. The Morgan fingerprint density at radius 3 is 2.52 bits per heavy atom. The molecule has 0 bridgehead atoms. The van der Waals surface area contributed by atoms with Gasteiger partial charge in [-0.25, -0.2) is 13.1 Å². The summed E-state index contributed by atoms with van der Waals surface area (Å²) < 4.78 is 40.0. The number of rotatable bonds is 16. The van der Waals surface area contributed by atoms with Crippen molar-refractivity contribution in [3.8, 4) is 5.75 Å². The lowest BCUT2D eigenvalue weighted by atomic mass is 9.90. The van der Waals surface area contributed by atoms with Crippen LogP contribution in [0.1, 0.15) is 49.7 Å². The van der Waals surface area contributed by atoms with Crippen molar-refractivity contribution in [3.63, 3.8) is 0 Å². The van der Waals surface area contributed by atoms with Crippen molar-refractivity contribution in [3.05, 3.63) is 83.1 Å². The lowest BCUT2D eigenvalue weighted by Gasteiger charge is -2.23. The third kappa shape index (κ3) is 9.93. The van der Waals surface area contributed by atoms with Crippen LogP contribution in [0.25, 0.3) is 0 Å². The predicted molar refractivity (Wildman–Crippen MR) is 162 cm³/mol. The summed E-state index contributed by atoms with van der Waals surface area (Å²) in [6.45, 7) is 2.00. The van der Waals surface area contributed by atoms with Gasteiger partial charge in [0.2, 0.25) is 10.0 Å². The molecule has 230 valence electrons. The van der Waals surface area contributed by atoms with Gasteiger partial charge < -0.3 is 30.1 Å². The summed E-state index contributed by atoms with van der Waals surface area (Å²) in [4.78, 5) is 0.272. The van der Waals surface area contributed by atoms with Crippen LogP contribution in [0.15, 0.2) is 76.9 Å². The minimum atomic E-state index is -3.54. The van der Waals surface area contributed by atoms with Gasteiger partial charge in [0.15, 0.2) is 0 Å². The number of hydrogen-bond donors (Lipinski definition) is 5. The van der Waals surface area contributed by atoms with Gasteiger partial charge in [0, 0.05) is 18.5 Å². The zero-order chi connectivity index (χ0) is 29.8. The van der Waals surface area contributed by atoms with Crippen LogP contribution in [0, 0.1) is 5.92 Å². The van der Waals surface area contributed by atoms with Gasteiger partial charge in [0.05, 0.1) is 36.6 Å². The zero-order valence-electron chi connectivity index (χ0n) is 24.1. The second-order valence-electron chi connectivity index (χ2n) is 11.0. The van der Waals surface area contributed by atoms with E-state index < -0.39 is 16.1 Å². The summed E-state index contributed by atoms with van der Waals surface area (Å²) in [7, 11) is -3.54. The normalized spacial score (nSPS) is 18.8. The van der Waals surface area contributed by atoms with Crippen LogP contribution in [0.5, 0.6) is 5.75 Å². The highest BCUT2D eigenvalue weighted by Gasteiger charge is 2.23. The Hall–Kier alpha value is -2.73. The highest BCUT2D eigenvalue weighted by atomic mass is 32.2. The first-order valence-corrected chi connectivity index (χ1v) is 16.3. The van der Waals surface area contributed by atoms with E-state index in [1.54, 1.807) is 30.4 Å². The first-order valence-electron chi connectivity index (χ1n) is 14.8. The van der Waals surface area contributed by atoms with Crippen LogP contribution in [0.2, 0.25) is 0 Å². The lowest BCUT2D eigenvalue weighted by molar-refractivity contribution is 0.0888. The van der Waals surface area contributed by atoms with E-state index in [0.717, 1.165) is 54.6 Å². The van der Waals surface area contributed by atoms with Crippen LogP contribution >= 0.6 is 0 Å². The van der Waals surface area contributed by atoms with Crippen molar-refractivity contribution < 1.29 is 33.2 Å². The molecule has 0 heterocycles. The summed E-state index contributed by atoms with van der Waals surface area (Å²) in [6.07, 6.45) is 8.93. The van der Waals surface area contributed by atoms with E-state index >= 15 is 0 Å². The molecule has 1 saturated carbocycles. The third-order valence-electron chi connectivity index (χ3n) is 7.77. The minimum absolute atomic E-state index is 0.0205. The number of ether oxygens (including phenoxy) is 2. The fourth-order valence-corrected chi connectivity index (χ4v) is 6.64. The van der Waals surface area contributed by atoms with E-state index in [2.05, 4.69) is 10.0 Å². The molecule has 2 aromatic rings. The monoisotopic (exact) mass is 600 g/mol. The molecule has 1 fully saturated rings. The van der Waals surface area contributed by atoms with E-state index in [-0.39, 0.29) is 29.2 Å². The minimum Gasteiger partial charge on any atom is -0.512 e. The molecule has 2 aliphatic rings. The molecule has 5 N–H and O–H groups in total. The number of benzene rings is 2. The second kappa shape index (κ2) is 16.2. The van der Waals surface area contributed by atoms with Gasteiger partial charge in [-0.05, 0) is 79.3 Å². The van der Waals surface area contributed by atoms with Crippen molar-refractivity contribution in [2.45, 2.75) is 68.6 Å². The maximum absolute atomic E-state index is 12.8. The first kappa shape index (κ1) is 32.2. The van der Waals surface area contributed by atoms with Gasteiger partial charge in [0.25, 0.3) is 0 Å². The lowest BCUT2D eigenvalue weighted by Crippen LogP contribution is -2.36. The summed E-state index contributed by atoms with van der Waals surface area (Å²) in [5, 5.41) is 32.8. The van der Waals surface area contributed by atoms with Gasteiger partial charge in [0.1, 0.15) is 12.4 Å². The molecular formula is C32H44N2O7S. The molecular weight excluding hydrogens is 556 g/mol. The summed E-state index contributed by atoms with van der Waals surface area (Å²) in [5.74, 6) is 0.550. The van der Waals surface area contributed by atoms with Gasteiger partial charge in [-0.15, -0.1) is 0 Å². The summed E-state index contributed by atoms with van der Waals surface area (Å²) in [5.41, 5.74) is 2.74. The summed E-state index contributed by atoms with van der Waals surface area (Å²) in [6, 6.07) is 14.8. The van der Waals surface area contributed by atoms with Crippen LogP contribution < -0.4 is 14.8 Å². The van der Waals surface area contributed by atoms with Gasteiger partial charge >= 0.3 is 0 Å². The molecule has 4 rings (SSSR count). The highest BCUT2D eigenvalue weighted by Crippen LogP contribution is 2.25. The molecule has 0 spiro atoms. The fourth-order valence-electron chi connectivity index (χ4n) is 5.26. The van der Waals surface area contributed by atoms with Crippen LogP contribution in [-0.2, 0) is 27.8 Å². The average Bonchev–Trinajstić information content (AvgIpc) is 3.00. The number of allylic oxidation sites excluding steroid dienone is 2. The van der Waals surface area contributed by atoms with Crippen molar-refractivity contribution in [1.29, 1.82) is 0 Å². The molecule has 2 atom stereocenters. The van der Waals surface area contributed by atoms with Crippen molar-refractivity contribution >= 4 is 10.0 Å². The molecule has 0 radical (unpaired) electrons. The zero-order valence-corrected chi connectivity index (χ0v) is 24.9. The van der Waals surface area contributed by atoms with Gasteiger partial charge in [-0.2, -0.15) is 0 Å². The van der Waals surface area contributed by atoms with E-state index in [1.165, 1.54) is 6.42 Å². The number of nitrogens with one attached hydrogen (secondary N) is 2. The summed E-state index contributed by atoms with van der Waals surface area (Å²) >= 11 is 0. The SMILES string of the molecule is O=S(=O)(NC1CCCCC1)c1cccc(COCCOc2ccc(CCNCC(O)C3=CC=C(O)C(CO)C3)cc2)c1. The Kier molecular flexibility index (Phi) is 12.4. The Labute approximate surface area is 249 Å². The molecule has 9 nitrogen and oxygen atoms in total. The molecule has 0 aromatic heterocycles. The molecule has 2 aliphatic carbocycles. The molecule has 2 unspecified atom stereocenters.